The third-order valence-electron chi connectivity index (χ3n) is 2.87. The van der Waals surface area contributed by atoms with Crippen LogP contribution in [-0.2, 0) is 13.1 Å². The molecule has 0 spiro atoms. The summed E-state index contributed by atoms with van der Waals surface area (Å²) in [6.45, 7) is 4.11. The second-order valence-electron chi connectivity index (χ2n) is 4.88. The molecule has 0 saturated carbocycles. The van der Waals surface area contributed by atoms with Crippen molar-refractivity contribution in [2.24, 2.45) is 0 Å². The Morgan fingerprint density at radius 1 is 1.28 bits per heavy atom. The minimum atomic E-state index is 0.885. The average molecular weight is 265 g/mol. The molecule has 18 heavy (non-hydrogen) atoms. The Balaban J connectivity index is 1.93. The van der Waals surface area contributed by atoms with Crippen LogP contribution in [0.25, 0.3) is 0 Å². The first kappa shape index (κ1) is 13.3. The van der Waals surface area contributed by atoms with Gasteiger partial charge < -0.3 is 9.32 Å². The molecule has 2 aromatic rings. The summed E-state index contributed by atoms with van der Waals surface area (Å²) in [7, 11) is 4.38. The first-order valence-electron chi connectivity index (χ1n) is 6.29. The molecular weight excluding hydrogens is 244 g/mol. The van der Waals surface area contributed by atoms with E-state index in [2.05, 4.69) is 35.8 Å². The Labute approximate surface area is 113 Å². The summed E-state index contributed by atoms with van der Waals surface area (Å²) in [5.41, 5.74) is 1.39. The van der Waals surface area contributed by atoms with Crippen LogP contribution in [0.2, 0.25) is 0 Å². The number of nitrogens with zero attached hydrogens (tertiary/aromatic N) is 1. The molecule has 0 fully saturated rings. The molecule has 0 amide bonds. The summed E-state index contributed by atoms with van der Waals surface area (Å²) in [5.74, 6) is 1.04. The molecule has 1 N–H and O–H groups in total. The van der Waals surface area contributed by atoms with Gasteiger partial charge in [-0.25, -0.2) is 0 Å². The Kier molecular flexibility index (Phi) is 4.99. The van der Waals surface area contributed by atoms with Gasteiger partial charge in [0.05, 0.1) is 33.4 Å². The van der Waals surface area contributed by atoms with E-state index in [0.29, 0.717) is 0 Å². The van der Waals surface area contributed by atoms with E-state index >= 15 is 0 Å². The molecule has 0 aliphatic rings. The Bertz CT molecular complexity index is 386. The molecule has 4 heteroatoms. The van der Waals surface area contributed by atoms with Crippen LogP contribution in [0.1, 0.15) is 11.3 Å². The van der Waals surface area contributed by atoms with Crippen LogP contribution in [0, 0.1) is 0 Å². The number of rotatable bonds is 7. The van der Waals surface area contributed by atoms with Gasteiger partial charge in [-0.15, -0.1) is 0 Å². The van der Waals surface area contributed by atoms with E-state index in [1.54, 1.807) is 17.6 Å². The van der Waals surface area contributed by atoms with Gasteiger partial charge in [0, 0.05) is 13.1 Å². The number of furan rings is 1. The first-order valence-corrected chi connectivity index (χ1v) is 7.23. The molecule has 0 bridgehead atoms. The van der Waals surface area contributed by atoms with Crippen molar-refractivity contribution in [2.45, 2.75) is 13.1 Å². The summed E-state index contributed by atoms with van der Waals surface area (Å²) in [4.78, 5) is 3.92. The van der Waals surface area contributed by atoms with Gasteiger partial charge in [0.1, 0.15) is 5.76 Å². The van der Waals surface area contributed by atoms with Gasteiger partial charge in [-0.1, -0.05) is 0 Å². The maximum atomic E-state index is 5.44. The van der Waals surface area contributed by atoms with Crippen molar-refractivity contribution in [3.05, 3.63) is 46.5 Å². The highest BCUT2D eigenvalue weighted by Gasteiger charge is 2.10. The van der Waals surface area contributed by atoms with Crippen molar-refractivity contribution in [2.75, 3.05) is 27.2 Å². The summed E-state index contributed by atoms with van der Waals surface area (Å²) < 4.78 is 5.44. The first-order chi connectivity index (χ1) is 8.74. The van der Waals surface area contributed by atoms with E-state index < -0.39 is 0 Å². The molecule has 0 aromatic carbocycles. The molecule has 0 radical (unpaired) electrons. The molecule has 2 rings (SSSR count). The van der Waals surface area contributed by atoms with Crippen LogP contribution in [0.3, 0.4) is 0 Å². The second-order valence-corrected chi connectivity index (χ2v) is 5.66. The van der Waals surface area contributed by atoms with Crippen LogP contribution in [-0.4, -0.2) is 32.1 Å². The zero-order chi connectivity index (χ0) is 12.8. The second kappa shape index (κ2) is 6.73. The fourth-order valence-corrected chi connectivity index (χ4v) is 2.52. The van der Waals surface area contributed by atoms with Crippen LogP contribution < -0.4 is 4.90 Å². The van der Waals surface area contributed by atoms with E-state index in [1.165, 1.54) is 10.5 Å². The summed E-state index contributed by atoms with van der Waals surface area (Å²) in [6.07, 6.45) is 1.75. The SMILES string of the molecule is C[NH+](C)CCN(Cc1ccsc1)Cc1ccco1. The lowest BCUT2D eigenvalue weighted by molar-refractivity contribution is -0.857. The van der Waals surface area contributed by atoms with E-state index in [-0.39, 0.29) is 0 Å². The molecule has 2 heterocycles. The number of hydrogen-bond acceptors (Lipinski definition) is 3. The molecular formula is C14H21N2OS+. The largest absolute Gasteiger partial charge is 0.468 e. The highest BCUT2D eigenvalue weighted by molar-refractivity contribution is 7.07. The maximum Gasteiger partial charge on any atom is 0.117 e. The van der Waals surface area contributed by atoms with Gasteiger partial charge in [-0.05, 0) is 34.5 Å². The van der Waals surface area contributed by atoms with Gasteiger partial charge in [0.25, 0.3) is 0 Å². The minimum absolute atomic E-state index is 0.885. The quantitative estimate of drug-likeness (QED) is 0.819. The van der Waals surface area contributed by atoms with Crippen molar-refractivity contribution in [3.8, 4) is 0 Å². The van der Waals surface area contributed by atoms with Gasteiger partial charge in [0.15, 0.2) is 0 Å². The maximum absolute atomic E-state index is 5.44. The van der Waals surface area contributed by atoms with Gasteiger partial charge in [0.2, 0.25) is 0 Å². The summed E-state index contributed by atoms with van der Waals surface area (Å²) in [6, 6.07) is 6.20. The van der Waals surface area contributed by atoms with Gasteiger partial charge in [-0.2, -0.15) is 11.3 Å². The lowest BCUT2D eigenvalue weighted by Crippen LogP contribution is -3.06. The Hall–Kier alpha value is -1.10. The molecule has 0 aliphatic carbocycles. The van der Waals surface area contributed by atoms with Gasteiger partial charge >= 0.3 is 0 Å². The summed E-state index contributed by atoms with van der Waals surface area (Å²) in [5, 5.41) is 4.36. The lowest BCUT2D eigenvalue weighted by atomic mass is 10.3. The van der Waals surface area contributed by atoms with Crippen LogP contribution in [0.15, 0.2) is 39.6 Å². The highest BCUT2D eigenvalue weighted by atomic mass is 32.1. The predicted octanol–water partition coefficient (Wildman–Crippen LogP) is 1.49. The monoisotopic (exact) mass is 265 g/mol. The molecule has 0 aliphatic heterocycles. The van der Waals surface area contributed by atoms with E-state index in [9.17, 15) is 0 Å². The number of likely N-dealkylation sites (N-methyl/N-ethyl adjacent to an activating group) is 1. The number of hydrogen-bond donors (Lipinski definition) is 1. The zero-order valence-electron chi connectivity index (χ0n) is 11.1. The smallest absolute Gasteiger partial charge is 0.117 e. The van der Waals surface area contributed by atoms with Crippen molar-refractivity contribution >= 4 is 11.3 Å². The number of thiophene rings is 1. The standard InChI is InChI=1S/C14H20N2OS/c1-15(2)6-7-16(10-13-5-9-18-12-13)11-14-4-3-8-17-14/h3-5,8-9,12H,6-7,10-11H2,1-2H3/p+1. The molecule has 0 unspecified atom stereocenters. The van der Waals surface area contributed by atoms with Crippen molar-refractivity contribution in [1.29, 1.82) is 0 Å². The number of quaternary nitrogens is 1. The minimum Gasteiger partial charge on any atom is -0.468 e. The normalized spacial score (nSPS) is 11.6. The predicted molar refractivity (Wildman–Crippen MR) is 74.8 cm³/mol. The molecule has 98 valence electrons. The zero-order valence-corrected chi connectivity index (χ0v) is 11.9. The van der Waals surface area contributed by atoms with E-state index in [4.69, 9.17) is 4.42 Å². The Morgan fingerprint density at radius 2 is 2.17 bits per heavy atom. The third-order valence-corrected chi connectivity index (χ3v) is 3.61. The third kappa shape index (κ3) is 4.29. The lowest BCUT2D eigenvalue weighted by Gasteiger charge is -2.21. The van der Waals surface area contributed by atoms with Crippen LogP contribution >= 0.6 is 11.3 Å². The molecule has 2 aromatic heterocycles. The van der Waals surface area contributed by atoms with Gasteiger partial charge in [-0.3, -0.25) is 4.90 Å². The van der Waals surface area contributed by atoms with E-state index in [0.717, 1.165) is 31.9 Å². The fraction of sp³-hybridized carbons (Fsp3) is 0.429. The average Bonchev–Trinajstić information content (AvgIpc) is 2.98. The highest BCUT2D eigenvalue weighted by Crippen LogP contribution is 2.12. The molecule has 0 saturated heterocycles. The van der Waals surface area contributed by atoms with Crippen LogP contribution in [0.5, 0.6) is 0 Å². The molecule has 3 nitrogen and oxygen atoms in total. The fourth-order valence-electron chi connectivity index (χ4n) is 1.86. The molecule has 0 atom stereocenters. The van der Waals surface area contributed by atoms with E-state index in [1.807, 2.05) is 12.1 Å². The van der Waals surface area contributed by atoms with Crippen molar-refractivity contribution in [3.63, 3.8) is 0 Å². The topological polar surface area (TPSA) is 20.8 Å². The van der Waals surface area contributed by atoms with Crippen molar-refractivity contribution < 1.29 is 9.32 Å². The van der Waals surface area contributed by atoms with Crippen molar-refractivity contribution in [1.82, 2.24) is 4.90 Å². The van der Waals surface area contributed by atoms with Crippen LogP contribution in [0.4, 0.5) is 0 Å². The summed E-state index contributed by atoms with van der Waals surface area (Å²) >= 11 is 1.76. The Morgan fingerprint density at radius 3 is 2.78 bits per heavy atom. The number of nitrogens with one attached hydrogen (secondary N) is 1.